The van der Waals surface area contributed by atoms with Crippen LogP contribution in [0.15, 0.2) is 42.5 Å². The van der Waals surface area contributed by atoms with E-state index in [2.05, 4.69) is 32.5 Å². The first-order valence-electron chi connectivity index (χ1n) is 9.62. The molecule has 0 aliphatic carbocycles. The summed E-state index contributed by atoms with van der Waals surface area (Å²) >= 11 is 0. The Hall–Kier alpha value is -3.09. The quantitative estimate of drug-likeness (QED) is 0.681. The summed E-state index contributed by atoms with van der Waals surface area (Å²) in [7, 11) is 1.66. The van der Waals surface area contributed by atoms with E-state index in [0.717, 1.165) is 48.1 Å². The van der Waals surface area contributed by atoms with E-state index in [1.165, 1.54) is 0 Å². The number of ether oxygens (including phenoxy) is 1. The highest BCUT2D eigenvalue weighted by Gasteiger charge is 2.24. The smallest absolute Gasteiger partial charge is 0.232 e. The van der Waals surface area contributed by atoms with Gasteiger partial charge in [-0.15, -0.1) is 10.2 Å². The van der Waals surface area contributed by atoms with Crippen molar-refractivity contribution in [3.8, 4) is 5.75 Å². The zero-order valence-corrected chi connectivity index (χ0v) is 16.3. The number of hydrogen-bond donors (Lipinski definition) is 0. The van der Waals surface area contributed by atoms with Crippen LogP contribution in [0.3, 0.4) is 0 Å². The number of aromatic nitrogens is 3. The maximum absolute atomic E-state index is 12.6. The van der Waals surface area contributed by atoms with Crippen LogP contribution in [0.25, 0.3) is 5.65 Å². The molecule has 28 heavy (non-hydrogen) atoms. The summed E-state index contributed by atoms with van der Waals surface area (Å²) in [6.45, 7) is 4.99. The van der Waals surface area contributed by atoms with Crippen LogP contribution in [0.2, 0.25) is 0 Å². The van der Waals surface area contributed by atoms with Gasteiger partial charge >= 0.3 is 0 Å². The van der Waals surface area contributed by atoms with E-state index in [1.54, 1.807) is 7.11 Å². The molecule has 0 spiro atoms. The van der Waals surface area contributed by atoms with Gasteiger partial charge in [-0.2, -0.15) is 0 Å². The minimum absolute atomic E-state index is 0.199. The Morgan fingerprint density at radius 2 is 1.86 bits per heavy atom. The van der Waals surface area contributed by atoms with Gasteiger partial charge in [0.05, 0.1) is 7.11 Å². The third-order valence-electron chi connectivity index (χ3n) is 5.28. The Morgan fingerprint density at radius 1 is 1.07 bits per heavy atom. The van der Waals surface area contributed by atoms with Gasteiger partial charge in [0.25, 0.3) is 0 Å². The number of carbonyl (C=O) groups is 1. The van der Waals surface area contributed by atoms with E-state index in [-0.39, 0.29) is 5.91 Å². The van der Waals surface area contributed by atoms with E-state index in [0.29, 0.717) is 19.5 Å². The van der Waals surface area contributed by atoms with Gasteiger partial charge in [-0.25, -0.2) is 0 Å². The molecule has 1 amide bonds. The number of aryl methyl sites for hydroxylation is 2. The molecule has 3 heterocycles. The fraction of sp³-hybridized carbons (Fsp3) is 0.381. The second-order valence-corrected chi connectivity index (χ2v) is 7.08. The molecule has 0 atom stereocenters. The number of benzene rings is 1. The van der Waals surface area contributed by atoms with E-state index < -0.39 is 0 Å². The number of rotatable bonds is 5. The zero-order valence-electron chi connectivity index (χ0n) is 16.3. The molecule has 0 N–H and O–H groups in total. The van der Waals surface area contributed by atoms with E-state index >= 15 is 0 Å². The third-order valence-corrected chi connectivity index (χ3v) is 5.28. The summed E-state index contributed by atoms with van der Waals surface area (Å²) in [6, 6.07) is 13.9. The van der Waals surface area contributed by atoms with Crippen molar-refractivity contribution in [3.05, 3.63) is 53.7 Å². The number of carbonyl (C=O) groups excluding carboxylic acids is 1. The van der Waals surface area contributed by atoms with Crippen molar-refractivity contribution in [2.45, 2.75) is 19.8 Å². The van der Waals surface area contributed by atoms with Gasteiger partial charge in [0.2, 0.25) is 11.9 Å². The van der Waals surface area contributed by atoms with Crippen LogP contribution in [0, 0.1) is 6.92 Å². The topological polar surface area (TPSA) is 63.0 Å². The van der Waals surface area contributed by atoms with Gasteiger partial charge in [-0.05, 0) is 43.2 Å². The lowest BCUT2D eigenvalue weighted by Gasteiger charge is -2.35. The summed E-state index contributed by atoms with van der Waals surface area (Å²) in [4.78, 5) is 16.8. The maximum Gasteiger partial charge on any atom is 0.232 e. The molecule has 2 aromatic heterocycles. The van der Waals surface area contributed by atoms with Crippen molar-refractivity contribution >= 4 is 17.5 Å². The normalized spacial score (nSPS) is 14.5. The zero-order chi connectivity index (χ0) is 19.5. The van der Waals surface area contributed by atoms with Crippen molar-refractivity contribution in [3.63, 3.8) is 0 Å². The number of hydrogen-bond acceptors (Lipinski definition) is 5. The highest BCUT2D eigenvalue weighted by Crippen LogP contribution is 2.19. The van der Waals surface area contributed by atoms with E-state index in [4.69, 9.17) is 4.74 Å². The average molecular weight is 379 g/mol. The molecular formula is C21H25N5O2. The Morgan fingerprint density at radius 3 is 2.64 bits per heavy atom. The number of piperazine rings is 1. The van der Waals surface area contributed by atoms with Gasteiger partial charge < -0.3 is 14.5 Å². The van der Waals surface area contributed by atoms with Crippen LogP contribution in [-0.2, 0) is 11.2 Å². The Labute approximate surface area is 164 Å². The van der Waals surface area contributed by atoms with Crippen LogP contribution in [-0.4, -0.2) is 58.7 Å². The molecule has 7 nitrogen and oxygen atoms in total. The fourth-order valence-corrected chi connectivity index (χ4v) is 3.68. The molecule has 4 rings (SSSR count). The molecule has 1 saturated heterocycles. The lowest BCUT2D eigenvalue weighted by Crippen LogP contribution is -2.49. The summed E-state index contributed by atoms with van der Waals surface area (Å²) in [5.74, 6) is 1.88. The summed E-state index contributed by atoms with van der Waals surface area (Å²) in [6.07, 6.45) is 1.24. The second kappa shape index (κ2) is 7.88. The van der Waals surface area contributed by atoms with Crippen molar-refractivity contribution in [2.24, 2.45) is 0 Å². The molecule has 0 unspecified atom stereocenters. The maximum atomic E-state index is 12.6. The summed E-state index contributed by atoms with van der Waals surface area (Å²) in [5, 5.41) is 8.63. The molecule has 1 aliphatic rings. The van der Waals surface area contributed by atoms with E-state index in [9.17, 15) is 4.79 Å². The van der Waals surface area contributed by atoms with Crippen LogP contribution in [0.5, 0.6) is 5.75 Å². The number of nitrogens with zero attached hydrogens (tertiary/aromatic N) is 5. The fourth-order valence-electron chi connectivity index (χ4n) is 3.68. The molecule has 0 radical (unpaired) electrons. The molecule has 3 aromatic rings. The Balaban J connectivity index is 1.35. The van der Waals surface area contributed by atoms with E-state index in [1.807, 2.05) is 41.3 Å². The number of anilines is 1. The molecule has 1 aromatic carbocycles. The van der Waals surface area contributed by atoms with Crippen LogP contribution < -0.4 is 9.64 Å². The lowest BCUT2D eigenvalue weighted by molar-refractivity contribution is -0.131. The SMILES string of the molecule is COc1cccc(CCC(=O)N2CCN(c3nnc4cccc(C)n34)CC2)c1. The molecule has 7 heteroatoms. The minimum atomic E-state index is 0.199. The summed E-state index contributed by atoms with van der Waals surface area (Å²) < 4.78 is 7.32. The molecule has 1 aliphatic heterocycles. The van der Waals surface area contributed by atoms with Crippen LogP contribution in [0.1, 0.15) is 17.7 Å². The van der Waals surface area contributed by atoms with Crippen molar-refractivity contribution in [1.29, 1.82) is 0 Å². The third kappa shape index (κ3) is 3.65. The van der Waals surface area contributed by atoms with Crippen LogP contribution >= 0.6 is 0 Å². The monoisotopic (exact) mass is 379 g/mol. The highest BCUT2D eigenvalue weighted by molar-refractivity contribution is 5.76. The first-order valence-corrected chi connectivity index (χ1v) is 9.62. The Bertz CT molecular complexity index is 976. The van der Waals surface area contributed by atoms with Gasteiger partial charge in [0.15, 0.2) is 5.65 Å². The Kier molecular flexibility index (Phi) is 5.14. The number of fused-ring (bicyclic) bond motifs is 1. The molecule has 0 bridgehead atoms. The molecule has 1 fully saturated rings. The predicted octanol–water partition coefficient (Wildman–Crippen LogP) is 2.33. The number of amides is 1. The lowest BCUT2D eigenvalue weighted by atomic mass is 10.1. The average Bonchev–Trinajstić information content (AvgIpc) is 3.18. The largest absolute Gasteiger partial charge is 0.497 e. The van der Waals surface area contributed by atoms with Gasteiger partial charge in [0, 0.05) is 38.3 Å². The number of methoxy groups -OCH3 is 1. The van der Waals surface area contributed by atoms with Crippen molar-refractivity contribution in [1.82, 2.24) is 19.5 Å². The number of pyridine rings is 1. The molecule has 0 saturated carbocycles. The highest BCUT2D eigenvalue weighted by atomic mass is 16.5. The first-order chi connectivity index (χ1) is 13.7. The van der Waals surface area contributed by atoms with Crippen molar-refractivity contribution in [2.75, 3.05) is 38.2 Å². The van der Waals surface area contributed by atoms with Crippen molar-refractivity contribution < 1.29 is 9.53 Å². The van der Waals surface area contributed by atoms with Crippen LogP contribution in [0.4, 0.5) is 5.95 Å². The molecule has 146 valence electrons. The first kappa shape index (κ1) is 18.3. The molecular weight excluding hydrogens is 354 g/mol. The van der Waals surface area contributed by atoms with Gasteiger partial charge in [-0.1, -0.05) is 18.2 Å². The minimum Gasteiger partial charge on any atom is -0.497 e. The van der Waals surface area contributed by atoms with Gasteiger partial charge in [0.1, 0.15) is 5.75 Å². The second-order valence-electron chi connectivity index (χ2n) is 7.08. The summed E-state index contributed by atoms with van der Waals surface area (Å²) in [5.41, 5.74) is 3.08. The standard InChI is InChI=1S/C21H25N5O2/c1-16-5-3-8-19-22-23-21(26(16)19)25-13-11-24(12-14-25)20(27)10-9-17-6-4-7-18(15-17)28-2/h3-8,15H,9-14H2,1-2H3. The van der Waals surface area contributed by atoms with Gasteiger partial charge in [-0.3, -0.25) is 9.20 Å². The predicted molar refractivity (Wildman–Crippen MR) is 108 cm³/mol.